The van der Waals surface area contributed by atoms with Crippen LogP contribution in [0.1, 0.15) is 11.1 Å². The molecule has 2 aromatic rings. The Bertz CT molecular complexity index is 954. The number of nitrogens with zero attached hydrogens (tertiary/aromatic N) is 2. The van der Waals surface area contributed by atoms with Gasteiger partial charge in [0.15, 0.2) is 6.61 Å². The van der Waals surface area contributed by atoms with Crippen LogP contribution in [0, 0.1) is 22.7 Å². The maximum absolute atomic E-state index is 12.8. The molecule has 0 aliphatic rings. The maximum Gasteiger partial charge on any atom is 0.416 e. The average molecular weight is 371 g/mol. The van der Waals surface area contributed by atoms with Crippen LogP contribution in [0.3, 0.4) is 0 Å². The third kappa shape index (κ3) is 5.35. The Balaban J connectivity index is 2.26. The van der Waals surface area contributed by atoms with Crippen molar-refractivity contribution in [2.75, 3.05) is 11.9 Å². The Hall–Kier alpha value is -3.78. The molecule has 8 heteroatoms. The zero-order valence-electron chi connectivity index (χ0n) is 13.7. The Morgan fingerprint density at radius 1 is 1.15 bits per heavy atom. The number of nitrogens with one attached hydrogen (secondary N) is 1. The van der Waals surface area contributed by atoms with Gasteiger partial charge in [-0.3, -0.25) is 4.79 Å². The number of rotatable bonds is 5. The smallest absolute Gasteiger partial charge is 0.416 e. The average Bonchev–Trinajstić information content (AvgIpc) is 2.64. The summed E-state index contributed by atoms with van der Waals surface area (Å²) in [6.45, 7) is -0.219. The van der Waals surface area contributed by atoms with Gasteiger partial charge in [0.05, 0.1) is 5.56 Å². The van der Waals surface area contributed by atoms with Crippen molar-refractivity contribution >= 4 is 17.7 Å². The predicted octanol–water partition coefficient (Wildman–Crippen LogP) is 4.15. The van der Waals surface area contributed by atoms with Crippen LogP contribution in [0.5, 0.6) is 5.75 Å². The number of anilines is 1. The molecule has 5 nitrogen and oxygen atoms in total. The van der Waals surface area contributed by atoms with Crippen molar-refractivity contribution in [3.05, 3.63) is 65.2 Å². The standard InChI is InChI=1S/C19H12F3N3O2/c20-19(21,22)15-5-3-6-16(11-15)25-18(26)14(12-24)10-13-4-1-2-7-17(13)27-9-8-23/h1-7,10-11H,9H2,(H,25,26)/b14-10+. The SMILES string of the molecule is N#CCOc1ccccc1/C=C(\C#N)C(=O)Nc1cccc(C(F)(F)F)c1. The number of hydrogen-bond donors (Lipinski definition) is 1. The molecule has 0 spiro atoms. The fourth-order valence-corrected chi connectivity index (χ4v) is 2.12. The minimum Gasteiger partial charge on any atom is -0.478 e. The molecule has 0 saturated carbocycles. The van der Waals surface area contributed by atoms with E-state index in [4.69, 9.17) is 10.00 Å². The molecule has 1 N–H and O–H groups in total. The molecule has 1 amide bonds. The second kappa shape index (κ2) is 8.54. The monoisotopic (exact) mass is 371 g/mol. The number of carbonyl (C=O) groups excluding carboxylic acids is 1. The van der Waals surface area contributed by atoms with Gasteiger partial charge in [0.1, 0.15) is 23.5 Å². The zero-order chi connectivity index (χ0) is 19.9. The van der Waals surface area contributed by atoms with Gasteiger partial charge in [-0.2, -0.15) is 23.7 Å². The number of alkyl halides is 3. The van der Waals surface area contributed by atoms with Crippen LogP contribution >= 0.6 is 0 Å². The summed E-state index contributed by atoms with van der Waals surface area (Å²) in [4.78, 5) is 12.3. The Labute approximate surface area is 152 Å². The summed E-state index contributed by atoms with van der Waals surface area (Å²) in [5.74, 6) is -0.578. The molecule has 0 radical (unpaired) electrons. The number of hydrogen-bond acceptors (Lipinski definition) is 4. The Kier molecular flexibility index (Phi) is 6.18. The van der Waals surface area contributed by atoms with E-state index in [1.54, 1.807) is 36.4 Å². The molecular formula is C19H12F3N3O2. The number of nitriles is 2. The minimum absolute atomic E-state index is 0.0926. The van der Waals surface area contributed by atoms with Gasteiger partial charge in [-0.25, -0.2) is 0 Å². The van der Waals surface area contributed by atoms with Gasteiger partial charge in [-0.15, -0.1) is 0 Å². The molecule has 136 valence electrons. The molecule has 0 aromatic heterocycles. The highest BCUT2D eigenvalue weighted by molar-refractivity contribution is 6.09. The largest absolute Gasteiger partial charge is 0.478 e. The fraction of sp³-hybridized carbons (Fsp3) is 0.105. The van der Waals surface area contributed by atoms with Gasteiger partial charge >= 0.3 is 6.18 Å². The lowest BCUT2D eigenvalue weighted by atomic mass is 10.1. The van der Waals surface area contributed by atoms with Crippen molar-refractivity contribution in [2.45, 2.75) is 6.18 Å². The van der Waals surface area contributed by atoms with Crippen LogP contribution in [0.2, 0.25) is 0 Å². The highest BCUT2D eigenvalue weighted by atomic mass is 19.4. The summed E-state index contributed by atoms with van der Waals surface area (Å²) >= 11 is 0. The van der Waals surface area contributed by atoms with Crippen LogP contribution in [-0.2, 0) is 11.0 Å². The lowest BCUT2D eigenvalue weighted by Crippen LogP contribution is -2.14. The molecular weight excluding hydrogens is 359 g/mol. The van der Waals surface area contributed by atoms with E-state index in [0.717, 1.165) is 18.2 Å². The van der Waals surface area contributed by atoms with Gasteiger partial charge in [-0.05, 0) is 30.3 Å². The van der Waals surface area contributed by atoms with Gasteiger partial charge < -0.3 is 10.1 Å². The summed E-state index contributed by atoms with van der Waals surface area (Å²) in [7, 11) is 0. The van der Waals surface area contributed by atoms with E-state index in [0.29, 0.717) is 11.3 Å². The van der Waals surface area contributed by atoms with E-state index >= 15 is 0 Å². The summed E-state index contributed by atoms with van der Waals surface area (Å²) in [6.07, 6.45) is -3.32. The van der Waals surface area contributed by atoms with Crippen molar-refractivity contribution in [1.29, 1.82) is 10.5 Å². The maximum atomic E-state index is 12.8. The summed E-state index contributed by atoms with van der Waals surface area (Å²) in [5, 5.41) is 20.1. The molecule has 0 unspecified atom stereocenters. The number of ether oxygens (including phenoxy) is 1. The van der Waals surface area contributed by atoms with Crippen molar-refractivity contribution in [3.63, 3.8) is 0 Å². The highest BCUT2D eigenvalue weighted by Gasteiger charge is 2.30. The predicted molar refractivity (Wildman–Crippen MR) is 91.2 cm³/mol. The third-order valence-electron chi connectivity index (χ3n) is 3.32. The van der Waals surface area contributed by atoms with Crippen LogP contribution in [0.4, 0.5) is 18.9 Å². The van der Waals surface area contributed by atoms with E-state index in [9.17, 15) is 23.2 Å². The number of benzene rings is 2. The molecule has 0 fully saturated rings. The molecule has 0 saturated heterocycles. The van der Waals surface area contributed by atoms with Crippen molar-refractivity contribution in [1.82, 2.24) is 0 Å². The molecule has 2 rings (SSSR count). The quantitative estimate of drug-likeness (QED) is 0.632. The second-order valence-corrected chi connectivity index (χ2v) is 5.19. The van der Waals surface area contributed by atoms with Crippen LogP contribution < -0.4 is 10.1 Å². The first-order valence-electron chi connectivity index (χ1n) is 7.54. The van der Waals surface area contributed by atoms with Gasteiger partial charge in [0.25, 0.3) is 5.91 Å². The van der Waals surface area contributed by atoms with Gasteiger partial charge in [-0.1, -0.05) is 24.3 Å². The first kappa shape index (κ1) is 19.5. The second-order valence-electron chi connectivity index (χ2n) is 5.19. The number of amides is 1. The summed E-state index contributed by atoms with van der Waals surface area (Å²) < 4.78 is 43.5. The number of carbonyl (C=O) groups is 1. The third-order valence-corrected chi connectivity index (χ3v) is 3.32. The van der Waals surface area contributed by atoms with Crippen LogP contribution in [0.15, 0.2) is 54.1 Å². The van der Waals surface area contributed by atoms with Crippen LogP contribution in [0.25, 0.3) is 6.08 Å². The normalized spacial score (nSPS) is 11.2. The molecule has 27 heavy (non-hydrogen) atoms. The topological polar surface area (TPSA) is 85.9 Å². The minimum atomic E-state index is -4.55. The molecule has 2 aromatic carbocycles. The number of para-hydroxylation sites is 1. The zero-order valence-corrected chi connectivity index (χ0v) is 13.7. The molecule has 0 atom stereocenters. The Morgan fingerprint density at radius 3 is 2.56 bits per heavy atom. The van der Waals surface area contributed by atoms with Gasteiger partial charge in [0.2, 0.25) is 0 Å². The first-order chi connectivity index (χ1) is 12.8. The number of halogens is 3. The van der Waals surface area contributed by atoms with E-state index in [-0.39, 0.29) is 17.9 Å². The van der Waals surface area contributed by atoms with Crippen LogP contribution in [-0.4, -0.2) is 12.5 Å². The lowest BCUT2D eigenvalue weighted by molar-refractivity contribution is -0.137. The molecule has 0 heterocycles. The fourth-order valence-electron chi connectivity index (χ4n) is 2.12. The first-order valence-corrected chi connectivity index (χ1v) is 7.54. The van der Waals surface area contributed by atoms with E-state index in [1.807, 2.05) is 0 Å². The molecule has 0 aliphatic carbocycles. The summed E-state index contributed by atoms with van der Waals surface area (Å²) in [6, 6.07) is 14.0. The van der Waals surface area contributed by atoms with E-state index in [2.05, 4.69) is 5.32 Å². The lowest BCUT2D eigenvalue weighted by Gasteiger charge is -2.10. The highest BCUT2D eigenvalue weighted by Crippen LogP contribution is 2.30. The Morgan fingerprint density at radius 2 is 1.89 bits per heavy atom. The van der Waals surface area contributed by atoms with Crippen molar-refractivity contribution in [2.24, 2.45) is 0 Å². The van der Waals surface area contributed by atoms with Crippen molar-refractivity contribution in [3.8, 4) is 17.9 Å². The molecule has 0 aliphatic heterocycles. The summed E-state index contributed by atoms with van der Waals surface area (Å²) in [5.41, 5.74) is -0.966. The van der Waals surface area contributed by atoms with Crippen molar-refractivity contribution < 1.29 is 22.7 Å². The van der Waals surface area contributed by atoms with E-state index < -0.39 is 17.6 Å². The van der Waals surface area contributed by atoms with Gasteiger partial charge in [0, 0.05) is 11.3 Å². The molecule has 0 bridgehead atoms. The van der Waals surface area contributed by atoms with E-state index in [1.165, 1.54) is 12.1 Å².